The van der Waals surface area contributed by atoms with E-state index in [0.29, 0.717) is 5.82 Å². The Kier molecular flexibility index (Phi) is 3.27. The SMILES string of the molecule is Cn1c(C2C(=O)N3[C@@H]2SC(C)(C)[C@]3(CO)C(=O)O)nc2ccccc21. The molecule has 8 heteroatoms. The quantitative estimate of drug-likeness (QED) is 0.797. The number of aromatic nitrogens is 2. The molecule has 2 aliphatic rings. The van der Waals surface area contributed by atoms with Crippen molar-refractivity contribution < 1.29 is 19.8 Å². The van der Waals surface area contributed by atoms with Gasteiger partial charge in [0.15, 0.2) is 5.54 Å². The number of aliphatic hydroxyl groups is 1. The third kappa shape index (κ3) is 1.78. The van der Waals surface area contributed by atoms with E-state index in [1.54, 1.807) is 13.8 Å². The van der Waals surface area contributed by atoms with Crippen LogP contribution in [0.2, 0.25) is 0 Å². The fourth-order valence-electron chi connectivity index (χ4n) is 4.05. The third-order valence-corrected chi connectivity index (χ3v) is 7.20. The normalized spacial score (nSPS) is 30.4. The summed E-state index contributed by atoms with van der Waals surface area (Å²) in [5.41, 5.74) is 0.123. The first-order chi connectivity index (χ1) is 11.8. The molecule has 3 heterocycles. The van der Waals surface area contributed by atoms with Crippen LogP contribution in [0.4, 0.5) is 0 Å². The van der Waals surface area contributed by atoms with Crippen LogP contribution in [0.25, 0.3) is 11.0 Å². The lowest BCUT2D eigenvalue weighted by Crippen LogP contribution is -2.71. The number of carbonyl (C=O) groups is 2. The molecular formula is C17H19N3O4S. The number of aliphatic carboxylic acids is 1. The van der Waals surface area contributed by atoms with Crippen LogP contribution in [0.1, 0.15) is 25.6 Å². The van der Waals surface area contributed by atoms with Crippen molar-refractivity contribution >= 4 is 34.7 Å². The molecule has 132 valence electrons. The number of carbonyl (C=O) groups excluding carboxylic acids is 1. The van der Waals surface area contributed by atoms with Crippen molar-refractivity contribution in [1.82, 2.24) is 14.5 Å². The van der Waals surface area contributed by atoms with Crippen molar-refractivity contribution in [3.05, 3.63) is 30.1 Å². The van der Waals surface area contributed by atoms with Crippen LogP contribution in [-0.2, 0) is 16.6 Å². The number of fused-ring (bicyclic) bond motifs is 2. The van der Waals surface area contributed by atoms with Crippen molar-refractivity contribution in [2.24, 2.45) is 7.05 Å². The number of amides is 1. The number of para-hydroxylation sites is 2. The molecule has 25 heavy (non-hydrogen) atoms. The van der Waals surface area contributed by atoms with Crippen LogP contribution >= 0.6 is 11.8 Å². The summed E-state index contributed by atoms with van der Waals surface area (Å²) in [6.07, 6.45) is 0. The monoisotopic (exact) mass is 361 g/mol. The van der Waals surface area contributed by atoms with E-state index in [9.17, 15) is 19.8 Å². The van der Waals surface area contributed by atoms with Gasteiger partial charge >= 0.3 is 5.97 Å². The van der Waals surface area contributed by atoms with Crippen molar-refractivity contribution in [3.63, 3.8) is 0 Å². The number of rotatable bonds is 3. The first-order valence-electron chi connectivity index (χ1n) is 8.03. The van der Waals surface area contributed by atoms with Gasteiger partial charge in [-0.05, 0) is 26.0 Å². The third-order valence-electron chi connectivity index (χ3n) is 5.55. The van der Waals surface area contributed by atoms with Crippen LogP contribution < -0.4 is 0 Å². The molecular weight excluding hydrogens is 342 g/mol. The maximum absolute atomic E-state index is 12.9. The zero-order chi connectivity index (χ0) is 18.1. The summed E-state index contributed by atoms with van der Waals surface area (Å²) in [6, 6.07) is 7.63. The van der Waals surface area contributed by atoms with E-state index in [1.807, 2.05) is 35.9 Å². The van der Waals surface area contributed by atoms with Gasteiger partial charge in [-0.15, -0.1) is 11.8 Å². The summed E-state index contributed by atoms with van der Waals surface area (Å²) in [5.74, 6) is -1.34. The predicted octanol–water partition coefficient (Wildman–Crippen LogP) is 1.17. The average molecular weight is 361 g/mol. The molecule has 0 spiro atoms. The molecule has 1 aromatic carbocycles. The van der Waals surface area contributed by atoms with E-state index in [1.165, 1.54) is 16.7 Å². The molecule has 2 aromatic rings. The lowest BCUT2D eigenvalue weighted by atomic mass is 9.80. The Morgan fingerprint density at radius 3 is 2.64 bits per heavy atom. The van der Waals surface area contributed by atoms with Gasteiger partial charge < -0.3 is 19.7 Å². The number of benzene rings is 1. The summed E-state index contributed by atoms with van der Waals surface area (Å²) in [5, 5.41) is 19.3. The van der Waals surface area contributed by atoms with Crippen molar-refractivity contribution in [1.29, 1.82) is 0 Å². The number of imidazole rings is 1. The van der Waals surface area contributed by atoms with E-state index in [4.69, 9.17) is 0 Å². The van der Waals surface area contributed by atoms with E-state index >= 15 is 0 Å². The Balaban J connectivity index is 1.80. The molecule has 2 N–H and O–H groups in total. The molecule has 0 saturated carbocycles. The standard InChI is InChI=1S/C17H19N3O4S/c1-16(2)17(8-21,15(23)24)20-13(22)11(14(20)25-16)12-18-9-6-4-5-7-10(9)19(12)3/h4-7,11,14,21H,8H2,1-3H3,(H,23,24)/t11?,14-,17+/m1/s1. The van der Waals surface area contributed by atoms with Gasteiger partial charge in [0.25, 0.3) is 0 Å². The zero-order valence-corrected chi connectivity index (χ0v) is 14.9. The highest BCUT2D eigenvalue weighted by atomic mass is 32.2. The van der Waals surface area contributed by atoms with Crippen LogP contribution in [0.5, 0.6) is 0 Å². The average Bonchev–Trinajstić information content (AvgIpc) is 2.98. The largest absolute Gasteiger partial charge is 0.479 e. The predicted molar refractivity (Wildman–Crippen MR) is 93.2 cm³/mol. The van der Waals surface area contributed by atoms with Crippen LogP contribution in [0, 0.1) is 0 Å². The number of carboxylic acid groups (broad SMARTS) is 1. The molecule has 0 aliphatic carbocycles. The van der Waals surface area contributed by atoms with Crippen molar-refractivity contribution in [2.75, 3.05) is 6.61 Å². The molecule has 0 radical (unpaired) electrons. The molecule has 2 fully saturated rings. The van der Waals surface area contributed by atoms with Crippen LogP contribution in [0.15, 0.2) is 24.3 Å². The second kappa shape index (κ2) is 4.98. The molecule has 2 aliphatic heterocycles. The highest BCUT2D eigenvalue weighted by Crippen LogP contribution is 2.60. The molecule has 4 rings (SSSR count). The van der Waals surface area contributed by atoms with Gasteiger partial charge in [0.2, 0.25) is 5.91 Å². The molecule has 3 atom stereocenters. The molecule has 7 nitrogen and oxygen atoms in total. The van der Waals surface area contributed by atoms with E-state index in [0.717, 1.165) is 11.0 Å². The molecule has 1 amide bonds. The minimum Gasteiger partial charge on any atom is -0.479 e. The minimum atomic E-state index is -1.61. The van der Waals surface area contributed by atoms with Gasteiger partial charge in [0.05, 0.1) is 23.0 Å². The summed E-state index contributed by atoms with van der Waals surface area (Å²) in [7, 11) is 1.86. The number of nitrogens with zero attached hydrogens (tertiary/aromatic N) is 3. The number of hydrogen-bond donors (Lipinski definition) is 2. The van der Waals surface area contributed by atoms with Crippen LogP contribution in [0.3, 0.4) is 0 Å². The summed E-state index contributed by atoms with van der Waals surface area (Å²) in [4.78, 5) is 30.8. The van der Waals surface area contributed by atoms with Gasteiger partial charge in [-0.25, -0.2) is 9.78 Å². The Bertz CT molecular complexity index is 908. The number of thioether (sulfide) groups is 1. The van der Waals surface area contributed by atoms with Gasteiger partial charge in [-0.1, -0.05) is 12.1 Å². The van der Waals surface area contributed by atoms with Crippen molar-refractivity contribution in [3.8, 4) is 0 Å². The zero-order valence-electron chi connectivity index (χ0n) is 14.1. The highest BCUT2D eigenvalue weighted by molar-refractivity contribution is 8.01. The molecule has 0 bridgehead atoms. The Hall–Kier alpha value is -2.06. The number of carboxylic acids is 1. The highest BCUT2D eigenvalue weighted by Gasteiger charge is 2.73. The lowest BCUT2D eigenvalue weighted by Gasteiger charge is -2.48. The fourth-order valence-corrected chi connectivity index (χ4v) is 5.87. The van der Waals surface area contributed by atoms with E-state index in [-0.39, 0.29) is 11.3 Å². The summed E-state index contributed by atoms with van der Waals surface area (Å²) in [6.45, 7) is 2.92. The second-order valence-corrected chi connectivity index (χ2v) is 8.79. The van der Waals surface area contributed by atoms with Crippen molar-refractivity contribution in [2.45, 2.75) is 35.4 Å². The Morgan fingerprint density at radius 1 is 1.36 bits per heavy atom. The van der Waals surface area contributed by atoms with Gasteiger partial charge in [-0.2, -0.15) is 0 Å². The number of β-lactam (4-membered cyclic amide) rings is 1. The first-order valence-corrected chi connectivity index (χ1v) is 8.91. The minimum absolute atomic E-state index is 0.294. The fraction of sp³-hybridized carbons (Fsp3) is 0.471. The van der Waals surface area contributed by atoms with Crippen LogP contribution in [-0.4, -0.2) is 58.8 Å². The number of hydrogen-bond acceptors (Lipinski definition) is 5. The van der Waals surface area contributed by atoms with E-state index in [2.05, 4.69) is 4.98 Å². The summed E-state index contributed by atoms with van der Waals surface area (Å²) < 4.78 is 1.08. The lowest BCUT2D eigenvalue weighted by molar-refractivity contribution is -0.174. The first kappa shape index (κ1) is 16.4. The number of aliphatic hydroxyl groups excluding tert-OH is 1. The second-order valence-electron chi connectivity index (χ2n) is 7.05. The van der Waals surface area contributed by atoms with Gasteiger partial charge in [-0.3, -0.25) is 4.79 Å². The Morgan fingerprint density at radius 2 is 2.04 bits per heavy atom. The van der Waals surface area contributed by atoms with E-state index < -0.39 is 28.8 Å². The van der Waals surface area contributed by atoms with Gasteiger partial charge in [0, 0.05) is 11.8 Å². The smallest absolute Gasteiger partial charge is 0.333 e. The molecule has 1 aromatic heterocycles. The van der Waals surface area contributed by atoms with Gasteiger partial charge in [0.1, 0.15) is 11.7 Å². The maximum atomic E-state index is 12.9. The Labute approximate surface area is 148 Å². The maximum Gasteiger partial charge on any atom is 0.333 e. The molecule has 2 saturated heterocycles. The summed E-state index contributed by atoms with van der Waals surface area (Å²) >= 11 is 1.41. The molecule has 1 unspecified atom stereocenters. The topological polar surface area (TPSA) is 95.7 Å². The number of aryl methyl sites for hydroxylation is 1.